The van der Waals surface area contributed by atoms with Crippen LogP contribution in [0.4, 0.5) is 0 Å². The molecule has 0 saturated carbocycles. The minimum Gasteiger partial charge on any atom is -0.338 e. The summed E-state index contributed by atoms with van der Waals surface area (Å²) in [7, 11) is 2.09. The smallest absolute Gasteiger partial charge is 0.240 e. The second-order valence-electron chi connectivity index (χ2n) is 5.95. The molecule has 0 bridgehead atoms. The third-order valence-corrected chi connectivity index (χ3v) is 4.51. The summed E-state index contributed by atoms with van der Waals surface area (Å²) in [6, 6.07) is 8.53. The Morgan fingerprint density at radius 3 is 2.96 bits per heavy atom. The summed E-state index contributed by atoms with van der Waals surface area (Å²) in [6.45, 7) is 1.96. The van der Waals surface area contributed by atoms with Crippen molar-refractivity contribution in [3.8, 4) is 0 Å². The standard InChI is InChI=1S/C16H20N6O/c1-21-12-6-3-2-5-11(12)18-16(21)13-7-4-8-22(13)10-14-19-15(9-17)23-20-14/h2-3,5-6,13H,4,7-10,17H2,1H3. The van der Waals surface area contributed by atoms with E-state index in [-0.39, 0.29) is 12.6 Å². The number of imidazole rings is 1. The first kappa shape index (κ1) is 14.3. The minimum atomic E-state index is 0.279. The van der Waals surface area contributed by atoms with Crippen LogP contribution in [0.1, 0.15) is 36.4 Å². The second kappa shape index (κ2) is 5.75. The number of hydrogen-bond acceptors (Lipinski definition) is 6. The molecule has 3 heterocycles. The van der Waals surface area contributed by atoms with Crippen LogP contribution in [0.15, 0.2) is 28.8 Å². The SMILES string of the molecule is Cn1c(C2CCCN2Cc2noc(CN)n2)nc2ccccc21. The van der Waals surface area contributed by atoms with Gasteiger partial charge in [-0.25, -0.2) is 4.98 Å². The number of rotatable bonds is 4. The molecule has 7 heteroatoms. The van der Waals surface area contributed by atoms with Gasteiger partial charge in [-0.05, 0) is 31.5 Å². The molecule has 1 aromatic carbocycles. The summed E-state index contributed by atoms with van der Waals surface area (Å²) in [5.41, 5.74) is 7.74. The van der Waals surface area contributed by atoms with E-state index >= 15 is 0 Å². The molecule has 2 N–H and O–H groups in total. The topological polar surface area (TPSA) is 86.0 Å². The lowest BCUT2D eigenvalue weighted by Gasteiger charge is -2.22. The van der Waals surface area contributed by atoms with E-state index in [4.69, 9.17) is 15.2 Å². The van der Waals surface area contributed by atoms with E-state index in [1.807, 2.05) is 12.1 Å². The molecule has 0 aliphatic carbocycles. The maximum atomic E-state index is 5.53. The number of fused-ring (bicyclic) bond motifs is 1. The van der Waals surface area contributed by atoms with Crippen molar-refractivity contribution in [1.82, 2.24) is 24.6 Å². The van der Waals surface area contributed by atoms with E-state index in [1.165, 1.54) is 5.52 Å². The zero-order chi connectivity index (χ0) is 15.8. The maximum Gasteiger partial charge on any atom is 0.240 e. The normalized spacial score (nSPS) is 19.0. The summed E-state index contributed by atoms with van der Waals surface area (Å²) in [4.78, 5) is 11.5. The third kappa shape index (κ3) is 2.51. The fourth-order valence-electron chi connectivity index (χ4n) is 3.39. The van der Waals surface area contributed by atoms with Crippen LogP contribution in [0.25, 0.3) is 11.0 Å². The number of nitrogens with zero attached hydrogens (tertiary/aromatic N) is 5. The van der Waals surface area contributed by atoms with Crippen molar-refractivity contribution < 1.29 is 4.52 Å². The second-order valence-corrected chi connectivity index (χ2v) is 5.95. The molecule has 0 spiro atoms. The molecular formula is C16H20N6O. The highest BCUT2D eigenvalue weighted by Gasteiger charge is 2.30. The molecule has 7 nitrogen and oxygen atoms in total. The zero-order valence-electron chi connectivity index (χ0n) is 13.1. The third-order valence-electron chi connectivity index (χ3n) is 4.51. The van der Waals surface area contributed by atoms with Gasteiger partial charge in [-0.15, -0.1) is 0 Å². The lowest BCUT2D eigenvalue weighted by Crippen LogP contribution is -2.25. The predicted molar refractivity (Wildman–Crippen MR) is 85.3 cm³/mol. The quantitative estimate of drug-likeness (QED) is 0.790. The number of para-hydroxylation sites is 2. The van der Waals surface area contributed by atoms with Gasteiger partial charge in [-0.1, -0.05) is 17.3 Å². The van der Waals surface area contributed by atoms with Gasteiger partial charge in [0.1, 0.15) is 5.82 Å². The van der Waals surface area contributed by atoms with Crippen LogP contribution >= 0.6 is 0 Å². The van der Waals surface area contributed by atoms with Crippen molar-refractivity contribution in [3.05, 3.63) is 41.8 Å². The van der Waals surface area contributed by atoms with Crippen molar-refractivity contribution in [1.29, 1.82) is 0 Å². The van der Waals surface area contributed by atoms with Gasteiger partial charge >= 0.3 is 0 Å². The Kier molecular flexibility index (Phi) is 3.59. The zero-order valence-corrected chi connectivity index (χ0v) is 13.1. The molecule has 1 aliphatic rings. The predicted octanol–water partition coefficient (Wildman–Crippen LogP) is 1.75. The van der Waals surface area contributed by atoms with Crippen LogP contribution in [-0.2, 0) is 20.1 Å². The van der Waals surface area contributed by atoms with Gasteiger partial charge in [0.2, 0.25) is 5.89 Å². The van der Waals surface area contributed by atoms with E-state index < -0.39 is 0 Å². The van der Waals surface area contributed by atoms with E-state index in [9.17, 15) is 0 Å². The lowest BCUT2D eigenvalue weighted by atomic mass is 10.2. The molecule has 1 fully saturated rings. The Morgan fingerprint density at radius 1 is 1.30 bits per heavy atom. The van der Waals surface area contributed by atoms with Gasteiger partial charge in [-0.3, -0.25) is 4.90 Å². The Balaban J connectivity index is 1.62. The van der Waals surface area contributed by atoms with E-state index in [0.29, 0.717) is 18.3 Å². The van der Waals surface area contributed by atoms with E-state index in [0.717, 1.165) is 30.7 Å². The van der Waals surface area contributed by atoms with Crippen molar-refractivity contribution in [2.45, 2.75) is 32.0 Å². The molecule has 0 radical (unpaired) electrons. The molecule has 1 aliphatic heterocycles. The van der Waals surface area contributed by atoms with E-state index in [1.54, 1.807) is 0 Å². The van der Waals surface area contributed by atoms with Crippen LogP contribution in [-0.4, -0.2) is 31.1 Å². The van der Waals surface area contributed by atoms with Crippen molar-refractivity contribution in [2.24, 2.45) is 12.8 Å². The maximum absolute atomic E-state index is 5.53. The van der Waals surface area contributed by atoms with Crippen LogP contribution in [0.3, 0.4) is 0 Å². The summed E-state index contributed by atoms with van der Waals surface area (Å²) in [5.74, 6) is 2.28. The highest BCUT2D eigenvalue weighted by atomic mass is 16.5. The largest absolute Gasteiger partial charge is 0.338 e. The first-order valence-corrected chi connectivity index (χ1v) is 7.93. The molecule has 4 rings (SSSR count). The molecular weight excluding hydrogens is 292 g/mol. The van der Waals surface area contributed by atoms with E-state index in [2.05, 4.69) is 38.8 Å². The average molecular weight is 312 g/mol. The first-order chi connectivity index (χ1) is 11.3. The number of likely N-dealkylation sites (tertiary alicyclic amines) is 1. The van der Waals surface area contributed by atoms with Crippen LogP contribution in [0, 0.1) is 0 Å². The molecule has 1 atom stereocenters. The summed E-state index contributed by atoms with van der Waals surface area (Å²) >= 11 is 0. The summed E-state index contributed by atoms with van der Waals surface area (Å²) < 4.78 is 7.30. The first-order valence-electron chi connectivity index (χ1n) is 7.93. The summed E-state index contributed by atoms with van der Waals surface area (Å²) in [5, 5.41) is 4.01. The molecule has 1 unspecified atom stereocenters. The fourth-order valence-corrected chi connectivity index (χ4v) is 3.39. The molecule has 120 valence electrons. The average Bonchev–Trinajstić information content (AvgIpc) is 3.28. The number of nitrogens with two attached hydrogens (primary N) is 1. The monoisotopic (exact) mass is 312 g/mol. The molecule has 23 heavy (non-hydrogen) atoms. The lowest BCUT2D eigenvalue weighted by molar-refractivity contribution is 0.227. The highest BCUT2D eigenvalue weighted by Crippen LogP contribution is 2.33. The van der Waals surface area contributed by atoms with Gasteiger partial charge in [0.25, 0.3) is 0 Å². The Morgan fingerprint density at radius 2 is 2.17 bits per heavy atom. The Hall–Kier alpha value is -2.25. The summed E-state index contributed by atoms with van der Waals surface area (Å²) in [6.07, 6.45) is 2.24. The molecule has 2 aromatic heterocycles. The number of aryl methyl sites for hydroxylation is 1. The minimum absolute atomic E-state index is 0.279. The van der Waals surface area contributed by atoms with Crippen LogP contribution in [0.5, 0.6) is 0 Å². The Labute approximate surface area is 134 Å². The van der Waals surface area contributed by atoms with Gasteiger partial charge in [0.05, 0.1) is 30.2 Å². The van der Waals surface area contributed by atoms with Gasteiger partial charge in [0.15, 0.2) is 5.82 Å². The van der Waals surface area contributed by atoms with Crippen LogP contribution in [0.2, 0.25) is 0 Å². The van der Waals surface area contributed by atoms with Gasteiger partial charge in [-0.2, -0.15) is 4.98 Å². The van der Waals surface area contributed by atoms with Gasteiger partial charge < -0.3 is 14.8 Å². The molecule has 3 aromatic rings. The Bertz CT molecular complexity index is 823. The number of hydrogen-bond donors (Lipinski definition) is 1. The van der Waals surface area contributed by atoms with Crippen molar-refractivity contribution in [3.63, 3.8) is 0 Å². The van der Waals surface area contributed by atoms with Gasteiger partial charge in [0, 0.05) is 7.05 Å². The number of benzene rings is 1. The van der Waals surface area contributed by atoms with Crippen molar-refractivity contribution >= 4 is 11.0 Å². The van der Waals surface area contributed by atoms with Crippen LogP contribution < -0.4 is 5.73 Å². The van der Waals surface area contributed by atoms with Crippen molar-refractivity contribution in [2.75, 3.05) is 6.54 Å². The fraction of sp³-hybridized carbons (Fsp3) is 0.438. The molecule has 0 amide bonds. The molecule has 1 saturated heterocycles. The number of aromatic nitrogens is 4. The highest BCUT2D eigenvalue weighted by molar-refractivity contribution is 5.75.